The summed E-state index contributed by atoms with van der Waals surface area (Å²) in [5, 5.41) is 0.0194. The SMILES string of the molecule is CCCc1cnc(S(=O)(=O)N(C)C)[nH]1. The number of aryl methyl sites for hydroxylation is 1. The summed E-state index contributed by atoms with van der Waals surface area (Å²) in [7, 11) is -0.441. The summed E-state index contributed by atoms with van der Waals surface area (Å²) < 4.78 is 24.3. The summed E-state index contributed by atoms with van der Waals surface area (Å²) in [5.74, 6) is 0. The van der Waals surface area contributed by atoms with E-state index >= 15 is 0 Å². The van der Waals surface area contributed by atoms with Crippen LogP contribution in [0.1, 0.15) is 19.0 Å². The molecule has 0 atom stereocenters. The van der Waals surface area contributed by atoms with Gasteiger partial charge in [-0.3, -0.25) is 0 Å². The van der Waals surface area contributed by atoms with E-state index in [0.717, 1.165) is 22.8 Å². The summed E-state index contributed by atoms with van der Waals surface area (Å²) in [6, 6.07) is 0. The molecule has 0 aliphatic heterocycles. The van der Waals surface area contributed by atoms with Crippen molar-refractivity contribution in [3.8, 4) is 0 Å². The number of nitrogens with zero attached hydrogens (tertiary/aromatic N) is 2. The number of imidazole rings is 1. The summed E-state index contributed by atoms with van der Waals surface area (Å²) in [5.41, 5.74) is 0.855. The van der Waals surface area contributed by atoms with Crippen LogP contribution in [0.5, 0.6) is 0 Å². The summed E-state index contributed by atoms with van der Waals surface area (Å²) in [4.78, 5) is 6.64. The molecule has 1 N–H and O–H groups in total. The molecule has 0 fully saturated rings. The van der Waals surface area contributed by atoms with Crippen molar-refractivity contribution in [1.82, 2.24) is 14.3 Å². The summed E-state index contributed by atoms with van der Waals surface area (Å²) in [6.45, 7) is 2.03. The fraction of sp³-hybridized carbons (Fsp3) is 0.625. The Kier molecular flexibility index (Phi) is 3.28. The molecule has 0 spiro atoms. The molecule has 0 bridgehead atoms. The van der Waals surface area contributed by atoms with Crippen molar-refractivity contribution in [2.75, 3.05) is 14.1 Å². The minimum atomic E-state index is -3.41. The third-order valence-electron chi connectivity index (χ3n) is 1.85. The van der Waals surface area contributed by atoms with Crippen molar-refractivity contribution in [1.29, 1.82) is 0 Å². The number of aromatic nitrogens is 2. The minimum absolute atomic E-state index is 0.0194. The molecular formula is C8H15N3O2S. The number of hydrogen-bond donors (Lipinski definition) is 1. The first kappa shape index (κ1) is 11.2. The number of rotatable bonds is 4. The monoisotopic (exact) mass is 217 g/mol. The van der Waals surface area contributed by atoms with Gasteiger partial charge in [0.15, 0.2) is 0 Å². The van der Waals surface area contributed by atoms with Gasteiger partial charge < -0.3 is 4.98 Å². The Balaban J connectivity index is 2.98. The average Bonchev–Trinajstić information content (AvgIpc) is 2.53. The molecule has 14 heavy (non-hydrogen) atoms. The number of aromatic amines is 1. The highest BCUT2D eigenvalue weighted by molar-refractivity contribution is 7.88. The predicted octanol–water partition coefficient (Wildman–Crippen LogP) is 0.612. The zero-order chi connectivity index (χ0) is 10.8. The molecule has 0 unspecified atom stereocenters. The van der Waals surface area contributed by atoms with Gasteiger partial charge in [0.2, 0.25) is 5.16 Å². The van der Waals surface area contributed by atoms with Crippen LogP contribution in [0.15, 0.2) is 11.4 Å². The Labute approximate surface area is 84.2 Å². The molecule has 1 rings (SSSR count). The molecule has 0 aliphatic carbocycles. The lowest BCUT2D eigenvalue weighted by molar-refractivity contribution is 0.513. The standard InChI is InChI=1S/C8H15N3O2S/c1-4-5-7-6-9-8(10-7)14(12,13)11(2)3/h6H,4-5H2,1-3H3,(H,9,10). The van der Waals surface area contributed by atoms with E-state index in [2.05, 4.69) is 9.97 Å². The van der Waals surface area contributed by atoms with Gasteiger partial charge in [-0.1, -0.05) is 13.3 Å². The van der Waals surface area contributed by atoms with E-state index in [1.807, 2.05) is 6.92 Å². The van der Waals surface area contributed by atoms with E-state index in [4.69, 9.17) is 0 Å². The van der Waals surface area contributed by atoms with E-state index in [1.165, 1.54) is 14.1 Å². The van der Waals surface area contributed by atoms with Gasteiger partial charge in [-0.05, 0) is 6.42 Å². The summed E-state index contributed by atoms with van der Waals surface area (Å²) in [6.07, 6.45) is 3.35. The van der Waals surface area contributed by atoms with E-state index in [9.17, 15) is 8.42 Å². The first-order valence-corrected chi connectivity index (χ1v) is 5.89. The van der Waals surface area contributed by atoms with Gasteiger partial charge in [-0.2, -0.15) is 0 Å². The van der Waals surface area contributed by atoms with Crippen LogP contribution in [0, 0.1) is 0 Å². The number of hydrogen-bond acceptors (Lipinski definition) is 3. The highest BCUT2D eigenvalue weighted by Crippen LogP contribution is 2.09. The minimum Gasteiger partial charge on any atom is -0.332 e. The van der Waals surface area contributed by atoms with Crippen LogP contribution >= 0.6 is 0 Å². The summed E-state index contributed by atoms with van der Waals surface area (Å²) >= 11 is 0. The van der Waals surface area contributed by atoms with Crippen LogP contribution in [0.3, 0.4) is 0 Å². The maximum absolute atomic E-state index is 11.6. The van der Waals surface area contributed by atoms with Crippen LogP contribution in [-0.4, -0.2) is 36.8 Å². The Bertz CT molecular complexity index is 394. The van der Waals surface area contributed by atoms with Crippen LogP contribution in [0.4, 0.5) is 0 Å². The Morgan fingerprint density at radius 1 is 1.50 bits per heavy atom. The highest BCUT2D eigenvalue weighted by atomic mass is 32.2. The number of nitrogens with one attached hydrogen (secondary N) is 1. The van der Waals surface area contributed by atoms with Gasteiger partial charge >= 0.3 is 0 Å². The van der Waals surface area contributed by atoms with Crippen molar-refractivity contribution in [2.24, 2.45) is 0 Å². The van der Waals surface area contributed by atoms with Crippen LogP contribution < -0.4 is 0 Å². The van der Waals surface area contributed by atoms with E-state index in [-0.39, 0.29) is 5.16 Å². The fourth-order valence-corrected chi connectivity index (χ4v) is 1.83. The molecule has 0 saturated heterocycles. The van der Waals surface area contributed by atoms with Gasteiger partial charge in [-0.15, -0.1) is 0 Å². The maximum Gasteiger partial charge on any atom is 0.276 e. The average molecular weight is 217 g/mol. The quantitative estimate of drug-likeness (QED) is 0.803. The molecule has 80 valence electrons. The van der Waals surface area contributed by atoms with Gasteiger partial charge in [0, 0.05) is 26.0 Å². The molecule has 0 radical (unpaired) electrons. The number of sulfonamides is 1. The third kappa shape index (κ3) is 2.13. The second-order valence-electron chi connectivity index (χ2n) is 3.25. The molecule has 1 heterocycles. The van der Waals surface area contributed by atoms with Crippen molar-refractivity contribution >= 4 is 10.0 Å². The molecule has 0 amide bonds. The van der Waals surface area contributed by atoms with Crippen LogP contribution in [0.25, 0.3) is 0 Å². The molecule has 0 aromatic carbocycles. The van der Waals surface area contributed by atoms with E-state index < -0.39 is 10.0 Å². The van der Waals surface area contributed by atoms with Gasteiger partial charge in [0.1, 0.15) is 0 Å². The zero-order valence-electron chi connectivity index (χ0n) is 8.61. The van der Waals surface area contributed by atoms with Gasteiger partial charge in [0.05, 0.1) is 0 Å². The Hall–Kier alpha value is -0.880. The third-order valence-corrected chi connectivity index (χ3v) is 3.51. The Morgan fingerprint density at radius 3 is 2.64 bits per heavy atom. The predicted molar refractivity (Wildman–Crippen MR) is 53.5 cm³/mol. The highest BCUT2D eigenvalue weighted by Gasteiger charge is 2.20. The van der Waals surface area contributed by atoms with Crippen LogP contribution in [0.2, 0.25) is 0 Å². The molecule has 1 aromatic rings. The lowest BCUT2D eigenvalue weighted by Crippen LogP contribution is -2.23. The second-order valence-corrected chi connectivity index (χ2v) is 5.32. The lowest BCUT2D eigenvalue weighted by atomic mass is 10.3. The van der Waals surface area contributed by atoms with Crippen molar-refractivity contribution < 1.29 is 8.42 Å². The normalized spacial score (nSPS) is 12.3. The largest absolute Gasteiger partial charge is 0.332 e. The van der Waals surface area contributed by atoms with Crippen molar-refractivity contribution in [2.45, 2.75) is 24.9 Å². The van der Waals surface area contributed by atoms with Crippen LogP contribution in [-0.2, 0) is 16.4 Å². The molecular weight excluding hydrogens is 202 g/mol. The molecule has 5 nitrogen and oxygen atoms in total. The number of H-pyrrole nitrogens is 1. The van der Waals surface area contributed by atoms with Crippen molar-refractivity contribution in [3.63, 3.8) is 0 Å². The zero-order valence-corrected chi connectivity index (χ0v) is 9.43. The molecule has 0 aliphatic rings. The molecule has 6 heteroatoms. The smallest absolute Gasteiger partial charge is 0.276 e. The molecule has 0 saturated carbocycles. The maximum atomic E-state index is 11.6. The van der Waals surface area contributed by atoms with E-state index in [0.29, 0.717) is 0 Å². The fourth-order valence-electron chi connectivity index (χ4n) is 1.04. The second kappa shape index (κ2) is 4.10. The van der Waals surface area contributed by atoms with Crippen molar-refractivity contribution in [3.05, 3.63) is 11.9 Å². The molecule has 1 aromatic heterocycles. The lowest BCUT2D eigenvalue weighted by Gasteiger charge is -2.07. The topological polar surface area (TPSA) is 66.1 Å². The van der Waals surface area contributed by atoms with Gasteiger partial charge in [0.25, 0.3) is 10.0 Å². The first-order chi connectivity index (χ1) is 6.48. The van der Waals surface area contributed by atoms with E-state index in [1.54, 1.807) is 6.20 Å². The Morgan fingerprint density at radius 2 is 2.14 bits per heavy atom. The first-order valence-electron chi connectivity index (χ1n) is 4.45. The van der Waals surface area contributed by atoms with Gasteiger partial charge in [-0.25, -0.2) is 17.7 Å².